The normalized spacial score (nSPS) is 24.8. The molecule has 1 saturated heterocycles. The molecular formula is C34H46N2O7Si. The van der Waals surface area contributed by atoms with Gasteiger partial charge in [-0.1, -0.05) is 81.4 Å². The topological polar surface area (TPSA) is 112 Å². The van der Waals surface area contributed by atoms with Gasteiger partial charge in [-0.05, 0) is 49.0 Å². The van der Waals surface area contributed by atoms with Crippen LogP contribution in [0.1, 0.15) is 56.5 Å². The van der Waals surface area contributed by atoms with E-state index in [9.17, 15) is 14.7 Å². The summed E-state index contributed by atoms with van der Waals surface area (Å²) in [6.07, 6.45) is 0.676. The first-order valence-corrected chi connectivity index (χ1v) is 18.3. The number of rotatable bonds is 12. The summed E-state index contributed by atoms with van der Waals surface area (Å²) in [7, 11) is -2.33. The van der Waals surface area contributed by atoms with Gasteiger partial charge in [0.15, 0.2) is 14.5 Å². The molecule has 3 aromatic rings. The molecule has 1 unspecified atom stereocenters. The van der Waals surface area contributed by atoms with Crippen molar-refractivity contribution < 1.29 is 23.7 Å². The van der Waals surface area contributed by atoms with Crippen molar-refractivity contribution in [1.82, 2.24) is 9.55 Å². The zero-order valence-electron chi connectivity index (χ0n) is 26.7. The lowest BCUT2D eigenvalue weighted by atomic mass is 9.80. The van der Waals surface area contributed by atoms with Gasteiger partial charge in [0.2, 0.25) is 0 Å². The van der Waals surface area contributed by atoms with Crippen molar-refractivity contribution in [3.63, 3.8) is 0 Å². The summed E-state index contributed by atoms with van der Waals surface area (Å²) in [6.45, 7) is 13.6. The molecule has 2 aromatic carbocycles. The number of aromatic nitrogens is 2. The van der Waals surface area contributed by atoms with Crippen molar-refractivity contribution >= 4 is 8.32 Å². The molecule has 0 spiro atoms. The van der Waals surface area contributed by atoms with Crippen molar-refractivity contribution in [3.05, 3.63) is 104 Å². The monoisotopic (exact) mass is 622 g/mol. The minimum absolute atomic E-state index is 0.0719. The van der Waals surface area contributed by atoms with Crippen LogP contribution in [0, 0.1) is 12.8 Å². The Labute approximate surface area is 260 Å². The van der Waals surface area contributed by atoms with Gasteiger partial charge in [0.1, 0.15) is 11.7 Å². The van der Waals surface area contributed by atoms with Crippen LogP contribution in [0.3, 0.4) is 0 Å². The largest absolute Gasteiger partial charge is 0.408 e. The van der Waals surface area contributed by atoms with E-state index < -0.39 is 49.0 Å². The van der Waals surface area contributed by atoms with Gasteiger partial charge < -0.3 is 23.7 Å². The number of aliphatic hydroxyl groups excluding tert-OH is 1. The summed E-state index contributed by atoms with van der Waals surface area (Å²) in [4.78, 5) is 27.7. The van der Waals surface area contributed by atoms with Crippen LogP contribution in [-0.2, 0) is 31.9 Å². The van der Waals surface area contributed by atoms with Crippen LogP contribution in [-0.4, -0.2) is 53.5 Å². The smallest absolute Gasteiger partial charge is 0.330 e. The maximum atomic E-state index is 13.1. The zero-order chi connectivity index (χ0) is 31.8. The summed E-state index contributed by atoms with van der Waals surface area (Å²) in [5, 5.41) is 12.0. The summed E-state index contributed by atoms with van der Waals surface area (Å²) in [5.41, 5.74) is -0.643. The van der Waals surface area contributed by atoms with Gasteiger partial charge in [0.25, 0.3) is 5.56 Å². The number of hydrogen-bond donors (Lipinski definition) is 2. The SMILES string of the molecule is Cc1cn([C@@H]2O[C@](COCc3ccccc3)(C3(O[Si](C)(C)C(C)(C)C)CC3)[C@H](COCc3ccccc3)C2O)c(=O)[nH]c1=O. The highest BCUT2D eigenvalue weighted by atomic mass is 28.4. The fraction of sp³-hybridized carbons (Fsp3) is 0.529. The molecule has 5 rings (SSSR count). The Hall–Kier alpha value is -2.86. The van der Waals surface area contributed by atoms with Crippen molar-refractivity contribution in [2.24, 2.45) is 5.92 Å². The first-order chi connectivity index (χ1) is 20.8. The maximum Gasteiger partial charge on any atom is 0.330 e. The van der Waals surface area contributed by atoms with Gasteiger partial charge >= 0.3 is 5.69 Å². The van der Waals surface area contributed by atoms with Gasteiger partial charge in [0.05, 0.1) is 32.0 Å². The molecule has 1 saturated carbocycles. The van der Waals surface area contributed by atoms with Crippen LogP contribution in [0.5, 0.6) is 0 Å². The number of ether oxygens (including phenoxy) is 3. The highest BCUT2D eigenvalue weighted by Crippen LogP contribution is 2.61. The van der Waals surface area contributed by atoms with E-state index >= 15 is 0 Å². The van der Waals surface area contributed by atoms with Crippen molar-refractivity contribution in [3.8, 4) is 0 Å². The molecule has 2 N–H and O–H groups in total. The highest BCUT2D eigenvalue weighted by molar-refractivity contribution is 6.74. The molecule has 0 amide bonds. The molecule has 238 valence electrons. The van der Waals surface area contributed by atoms with E-state index in [1.807, 2.05) is 60.7 Å². The van der Waals surface area contributed by atoms with E-state index in [-0.39, 0.29) is 18.3 Å². The molecular weight excluding hydrogens is 576 g/mol. The molecule has 9 nitrogen and oxygen atoms in total. The summed E-state index contributed by atoms with van der Waals surface area (Å²) < 4.78 is 28.2. The molecule has 1 aliphatic carbocycles. The lowest BCUT2D eigenvalue weighted by Crippen LogP contribution is -2.60. The summed E-state index contributed by atoms with van der Waals surface area (Å²) in [5.74, 6) is -0.599. The average molecular weight is 623 g/mol. The van der Waals surface area contributed by atoms with E-state index in [0.29, 0.717) is 18.8 Å². The number of nitrogens with zero attached hydrogens (tertiary/aromatic N) is 1. The molecule has 2 heterocycles. The third-order valence-corrected chi connectivity index (χ3v) is 14.1. The van der Waals surface area contributed by atoms with E-state index in [1.54, 1.807) is 6.92 Å². The number of benzene rings is 2. The number of aliphatic hydroxyl groups is 1. The van der Waals surface area contributed by atoms with Gasteiger partial charge in [-0.15, -0.1) is 0 Å². The Morgan fingerprint density at radius 2 is 1.55 bits per heavy atom. The number of aryl methyl sites for hydroxylation is 1. The van der Waals surface area contributed by atoms with Crippen molar-refractivity contribution in [1.29, 1.82) is 0 Å². The Morgan fingerprint density at radius 1 is 0.977 bits per heavy atom. The summed E-state index contributed by atoms with van der Waals surface area (Å²) in [6, 6.07) is 19.8. The van der Waals surface area contributed by atoms with Crippen LogP contribution < -0.4 is 11.2 Å². The van der Waals surface area contributed by atoms with E-state index in [2.05, 4.69) is 38.8 Å². The fourth-order valence-corrected chi connectivity index (χ4v) is 7.59. The second-order valence-electron chi connectivity index (χ2n) is 13.8. The fourth-order valence-electron chi connectivity index (χ4n) is 5.93. The van der Waals surface area contributed by atoms with Crippen LogP contribution >= 0.6 is 0 Å². The van der Waals surface area contributed by atoms with Crippen molar-refractivity contribution in [2.75, 3.05) is 13.2 Å². The lowest BCUT2D eigenvalue weighted by Gasteiger charge is -2.47. The Morgan fingerprint density at radius 3 is 2.09 bits per heavy atom. The first kappa shape index (κ1) is 32.5. The minimum Gasteiger partial charge on any atom is -0.408 e. The van der Waals surface area contributed by atoms with Crippen LogP contribution in [0.15, 0.2) is 76.4 Å². The van der Waals surface area contributed by atoms with Gasteiger partial charge in [-0.25, -0.2) is 4.79 Å². The van der Waals surface area contributed by atoms with Crippen molar-refractivity contribution in [2.45, 2.75) is 95.4 Å². The molecule has 10 heteroatoms. The molecule has 4 atom stereocenters. The quantitative estimate of drug-likeness (QED) is 0.271. The van der Waals surface area contributed by atoms with E-state index in [4.69, 9.17) is 18.6 Å². The standard InChI is InChI=1S/C34H46N2O7Si/c1-24-19-36(31(39)35-29(24)38)30-28(37)27(22-40-20-25-13-9-7-10-14-25)34(42-30,23-41-21-26-15-11-8-12-16-26)33(17-18-33)43-44(5,6)32(2,3)4/h7-16,19,27-28,30,37H,17-18,20-23H2,1-6H3,(H,35,38,39)/t27-,28?,30-,34+/m1/s1. The predicted octanol–water partition coefficient (Wildman–Crippen LogP) is 5.08. The molecule has 1 aromatic heterocycles. The van der Waals surface area contributed by atoms with Gasteiger partial charge in [-0.3, -0.25) is 14.3 Å². The molecule has 0 radical (unpaired) electrons. The predicted molar refractivity (Wildman–Crippen MR) is 171 cm³/mol. The molecule has 44 heavy (non-hydrogen) atoms. The third kappa shape index (κ3) is 6.42. The number of nitrogens with one attached hydrogen (secondary N) is 1. The average Bonchev–Trinajstić information content (AvgIpc) is 3.70. The third-order valence-electron chi connectivity index (χ3n) is 9.62. The number of aromatic amines is 1. The number of H-pyrrole nitrogens is 1. The second-order valence-corrected chi connectivity index (χ2v) is 18.5. The zero-order valence-corrected chi connectivity index (χ0v) is 27.7. The van der Waals surface area contributed by atoms with E-state index in [0.717, 1.165) is 24.0 Å². The van der Waals surface area contributed by atoms with Gasteiger partial charge in [-0.2, -0.15) is 0 Å². The Kier molecular flexibility index (Phi) is 9.24. The Balaban J connectivity index is 1.56. The molecule has 2 fully saturated rings. The molecule has 1 aliphatic heterocycles. The van der Waals surface area contributed by atoms with E-state index in [1.165, 1.54) is 10.8 Å². The maximum absolute atomic E-state index is 13.1. The van der Waals surface area contributed by atoms with Crippen LogP contribution in [0.2, 0.25) is 18.1 Å². The highest BCUT2D eigenvalue weighted by Gasteiger charge is 2.72. The Bertz CT molecular complexity index is 1530. The summed E-state index contributed by atoms with van der Waals surface area (Å²) >= 11 is 0. The molecule has 2 aliphatic rings. The molecule has 0 bridgehead atoms. The second kappa shape index (κ2) is 12.5. The van der Waals surface area contributed by atoms with Gasteiger partial charge in [0, 0.05) is 17.7 Å². The van der Waals surface area contributed by atoms with Crippen LogP contribution in [0.4, 0.5) is 0 Å². The minimum atomic E-state index is -2.33. The van der Waals surface area contributed by atoms with Crippen LogP contribution in [0.25, 0.3) is 0 Å². The number of hydrogen-bond acceptors (Lipinski definition) is 7. The lowest BCUT2D eigenvalue weighted by molar-refractivity contribution is -0.194. The first-order valence-electron chi connectivity index (χ1n) is 15.4.